The number of nitrogens with one attached hydrogen (secondary N) is 1. The highest BCUT2D eigenvalue weighted by Crippen LogP contribution is 2.66. The highest BCUT2D eigenvalue weighted by molar-refractivity contribution is 6.24. The second-order valence-corrected chi connectivity index (χ2v) is 17.5. The first kappa shape index (κ1) is 45.1. The number of carboxylic acids is 1. The zero-order valence-corrected chi connectivity index (χ0v) is 36.5. The first-order valence-corrected chi connectivity index (χ1v) is 22.1. The van der Waals surface area contributed by atoms with Crippen LogP contribution < -0.4 is 15.0 Å². The van der Waals surface area contributed by atoms with Crippen LogP contribution in [0.3, 0.4) is 0 Å². The highest BCUT2D eigenvalue weighted by atomic mass is 16.6. The van der Waals surface area contributed by atoms with Crippen LogP contribution in [-0.2, 0) is 34.1 Å². The number of rotatable bonds is 10. The predicted octanol–water partition coefficient (Wildman–Crippen LogP) is 6.15. The Bertz CT molecular complexity index is 2490. The summed E-state index contributed by atoms with van der Waals surface area (Å²) < 4.78 is 17.1. The number of urea groups is 1. The Balaban J connectivity index is 1.42. The third-order valence-electron chi connectivity index (χ3n) is 13.3. The molecule has 4 aliphatic rings. The predicted molar refractivity (Wildman–Crippen MR) is 237 cm³/mol. The molecule has 14 heteroatoms. The lowest BCUT2D eigenvalue weighted by Crippen LogP contribution is -2.56. The minimum Gasteiger partial charge on any atom is -0.491 e. The quantitative estimate of drug-likeness (QED) is 0.0808. The number of esters is 2. The van der Waals surface area contributed by atoms with Crippen LogP contribution in [0.1, 0.15) is 98.4 Å². The number of amides is 3. The lowest BCUT2D eigenvalue weighted by molar-refractivity contribution is -0.179. The van der Waals surface area contributed by atoms with Crippen LogP contribution in [0.25, 0.3) is 0 Å². The number of cyclic esters (lactones) is 1. The van der Waals surface area contributed by atoms with Gasteiger partial charge in [0, 0.05) is 5.56 Å². The summed E-state index contributed by atoms with van der Waals surface area (Å²) in [6.07, 6.45) is 3.50. The number of carboxylic acid groups (broad SMARTS) is 1. The Hall–Kier alpha value is -6.53. The summed E-state index contributed by atoms with van der Waals surface area (Å²) in [6, 6.07) is 23.7. The lowest BCUT2D eigenvalue weighted by atomic mass is 9.65. The van der Waals surface area contributed by atoms with Crippen LogP contribution in [0, 0.1) is 23.7 Å². The van der Waals surface area contributed by atoms with Gasteiger partial charge >= 0.3 is 23.9 Å². The van der Waals surface area contributed by atoms with Gasteiger partial charge in [-0.25, -0.2) is 14.5 Å². The molecule has 3 heterocycles. The molecule has 0 radical (unpaired) electrons. The van der Waals surface area contributed by atoms with Gasteiger partial charge in [0.15, 0.2) is 0 Å². The van der Waals surface area contributed by atoms with E-state index in [1.165, 1.54) is 13.2 Å². The molecule has 0 aromatic heterocycles. The van der Waals surface area contributed by atoms with E-state index in [1.54, 1.807) is 55.1 Å². The number of aliphatic hydroxyl groups is 2. The molecule has 4 aromatic rings. The van der Waals surface area contributed by atoms with Crippen molar-refractivity contribution in [2.75, 3.05) is 25.2 Å². The number of morpholine rings is 1. The summed E-state index contributed by atoms with van der Waals surface area (Å²) >= 11 is 0. The molecule has 3 amide bonds. The van der Waals surface area contributed by atoms with Gasteiger partial charge in [-0.1, -0.05) is 111 Å². The number of hydrogen-bond donors (Lipinski definition) is 4. The number of methoxy groups -OCH3 is 1. The largest absolute Gasteiger partial charge is 0.491 e. The van der Waals surface area contributed by atoms with Crippen LogP contribution in [0.4, 0.5) is 10.5 Å². The molecule has 1 spiro atoms. The Kier molecular flexibility index (Phi) is 12.8. The zero-order valence-electron chi connectivity index (χ0n) is 36.5. The number of carbonyl (C=O) groups is 5. The molecule has 0 bridgehead atoms. The average molecular weight is 884 g/mol. The number of imide groups is 1. The number of hydrogen-bond acceptors (Lipinski definition) is 11. The van der Waals surface area contributed by atoms with Crippen molar-refractivity contribution < 1.29 is 53.5 Å². The molecular formula is C51H53N3O11. The fourth-order valence-electron chi connectivity index (χ4n) is 10.3. The molecule has 2 saturated heterocycles. The molecule has 14 nitrogen and oxygen atoms in total. The molecule has 3 aliphatic heterocycles. The van der Waals surface area contributed by atoms with E-state index in [0.717, 1.165) is 30.6 Å². The zero-order chi connectivity index (χ0) is 46.0. The number of fused-ring (bicyclic) bond motifs is 3. The molecule has 338 valence electrons. The van der Waals surface area contributed by atoms with Crippen molar-refractivity contribution in [2.45, 2.75) is 93.7 Å². The van der Waals surface area contributed by atoms with Crippen LogP contribution in [0.2, 0.25) is 0 Å². The molecule has 8 rings (SSSR count). The smallest absolute Gasteiger partial charge is 0.329 e. The van der Waals surface area contributed by atoms with Crippen LogP contribution >= 0.6 is 0 Å². The minimum absolute atomic E-state index is 0.000490. The topological polar surface area (TPSA) is 192 Å². The molecule has 4 aromatic carbocycles. The van der Waals surface area contributed by atoms with E-state index in [1.807, 2.05) is 60.7 Å². The van der Waals surface area contributed by atoms with E-state index in [9.17, 15) is 34.5 Å². The monoisotopic (exact) mass is 883 g/mol. The van der Waals surface area contributed by atoms with Crippen molar-refractivity contribution in [3.63, 3.8) is 0 Å². The Labute approximate surface area is 377 Å². The van der Waals surface area contributed by atoms with Gasteiger partial charge in [0.2, 0.25) is 5.91 Å². The summed E-state index contributed by atoms with van der Waals surface area (Å²) in [5.41, 5.74) is -1.32. The average Bonchev–Trinajstić information content (AvgIpc) is 3.65. The van der Waals surface area contributed by atoms with Crippen molar-refractivity contribution in [3.8, 4) is 17.6 Å². The van der Waals surface area contributed by atoms with Crippen molar-refractivity contribution in [2.24, 2.45) is 11.8 Å². The maximum atomic E-state index is 16.2. The molecular weight excluding hydrogens is 831 g/mol. The summed E-state index contributed by atoms with van der Waals surface area (Å²) in [5.74, 6) is 0.176. The number of aliphatic carboxylic acids is 1. The Morgan fingerprint density at radius 2 is 1.51 bits per heavy atom. The van der Waals surface area contributed by atoms with Crippen molar-refractivity contribution >= 4 is 35.5 Å². The SMILES string of the molecule is COC(=O)[C@@H](NC(=O)N1C(=O)[C@@]2(c3cc(C#CC4(O)CCCCCC4)ccc31)[C@H](C(=O)O)[C@H]1C(=O)O[C@H](c3ccccc3)[C@H](c3ccccc3)N1[C@@H]2c1ccc(OCCO)cc1)C(C)C. The Morgan fingerprint density at radius 1 is 0.862 bits per heavy atom. The third-order valence-corrected chi connectivity index (χ3v) is 13.3. The van der Waals surface area contributed by atoms with E-state index >= 15 is 4.79 Å². The molecule has 1 aliphatic carbocycles. The molecule has 1 saturated carbocycles. The molecule has 0 unspecified atom stereocenters. The van der Waals surface area contributed by atoms with Gasteiger partial charge in [-0.15, -0.1) is 0 Å². The van der Waals surface area contributed by atoms with E-state index in [0.29, 0.717) is 40.8 Å². The third kappa shape index (κ3) is 8.13. The van der Waals surface area contributed by atoms with E-state index in [4.69, 9.17) is 14.2 Å². The number of carbonyl (C=O) groups excluding carboxylic acids is 4. The van der Waals surface area contributed by atoms with Crippen molar-refractivity contribution in [1.29, 1.82) is 0 Å². The normalized spacial score (nSPS) is 25.1. The van der Waals surface area contributed by atoms with Gasteiger partial charge in [-0.2, -0.15) is 0 Å². The first-order chi connectivity index (χ1) is 31.3. The van der Waals surface area contributed by atoms with Crippen LogP contribution in [0.5, 0.6) is 5.75 Å². The standard InChI is InChI=1S/C51H53N3O11/c1-31(2)40(46(58)63-3)52-49(61)53-38-23-18-32(24-27-50(62)25-12-4-5-13-26-50)30-37(38)51(48(53)60)39(45(56)57)42-47(59)65-43(34-16-10-7-11-17-34)41(33-14-8-6-9-15-33)54(42)44(51)35-19-21-36(22-20-35)64-29-28-55/h6-11,14-23,30-31,39-44,55,62H,4-5,12-13,25-26,28-29H2,1-3H3,(H,52,61)(H,56,57)/t39-,40-,41-,42-,43+,44+,51-/m0/s1. The number of aliphatic hydroxyl groups excluding tert-OH is 1. The second kappa shape index (κ2) is 18.5. The van der Waals surface area contributed by atoms with Crippen LogP contribution in [0.15, 0.2) is 103 Å². The molecule has 4 N–H and O–H groups in total. The first-order valence-electron chi connectivity index (χ1n) is 22.1. The van der Waals surface area contributed by atoms with Gasteiger partial charge in [0.05, 0.1) is 31.5 Å². The highest BCUT2D eigenvalue weighted by Gasteiger charge is 2.76. The van der Waals surface area contributed by atoms with E-state index < -0.39 is 83.0 Å². The van der Waals surface area contributed by atoms with Gasteiger partial charge in [0.25, 0.3) is 0 Å². The minimum atomic E-state index is -2.25. The molecule has 7 atom stereocenters. The number of anilines is 1. The molecule has 3 fully saturated rings. The summed E-state index contributed by atoms with van der Waals surface area (Å²) in [5, 5.41) is 35.4. The maximum absolute atomic E-state index is 16.2. The van der Waals surface area contributed by atoms with Gasteiger partial charge in [0.1, 0.15) is 47.5 Å². The summed E-state index contributed by atoms with van der Waals surface area (Å²) in [6.45, 7) is 3.16. The van der Waals surface area contributed by atoms with Gasteiger partial charge in [-0.3, -0.25) is 19.3 Å². The number of ether oxygens (including phenoxy) is 3. The number of nitrogens with zero attached hydrogens (tertiary/aromatic N) is 2. The second-order valence-electron chi connectivity index (χ2n) is 17.5. The van der Waals surface area contributed by atoms with Gasteiger partial charge < -0.3 is 34.8 Å². The van der Waals surface area contributed by atoms with Crippen molar-refractivity contribution in [1.82, 2.24) is 10.2 Å². The maximum Gasteiger partial charge on any atom is 0.329 e. The van der Waals surface area contributed by atoms with E-state index in [-0.39, 0.29) is 24.5 Å². The fraction of sp³-hybridized carbons (Fsp3) is 0.392. The lowest BCUT2D eigenvalue weighted by Gasteiger charge is -2.46. The summed E-state index contributed by atoms with van der Waals surface area (Å²) in [4.78, 5) is 75.9. The van der Waals surface area contributed by atoms with Gasteiger partial charge in [-0.05, 0) is 84.2 Å². The summed E-state index contributed by atoms with van der Waals surface area (Å²) in [7, 11) is 1.19. The van der Waals surface area contributed by atoms with E-state index in [2.05, 4.69) is 17.2 Å². The Morgan fingerprint density at radius 3 is 2.11 bits per heavy atom. The fourth-order valence-corrected chi connectivity index (χ4v) is 10.3. The number of benzene rings is 4. The van der Waals surface area contributed by atoms with Crippen molar-refractivity contribution in [3.05, 3.63) is 131 Å². The van der Waals surface area contributed by atoms with Crippen LogP contribution in [-0.4, -0.2) is 88.1 Å². The molecule has 65 heavy (non-hydrogen) atoms.